The number of hydrogen-bond donors (Lipinski definition) is 1. The molecule has 0 bridgehead atoms. The highest BCUT2D eigenvalue weighted by atomic mass is 16.8. The molecule has 5 nitrogen and oxygen atoms in total. The van der Waals surface area contributed by atoms with Crippen molar-refractivity contribution in [3.63, 3.8) is 0 Å². The molecule has 4 aliphatic rings. The number of hydrogen-bond acceptors (Lipinski definition) is 5. The van der Waals surface area contributed by atoms with Crippen LogP contribution in [0.2, 0.25) is 0 Å². The maximum absolute atomic E-state index is 11.8. The van der Waals surface area contributed by atoms with E-state index in [4.69, 9.17) is 14.2 Å². The summed E-state index contributed by atoms with van der Waals surface area (Å²) in [5, 5.41) is 9.65. The van der Waals surface area contributed by atoms with Crippen LogP contribution < -0.4 is 0 Å². The molecule has 0 aromatic carbocycles. The monoisotopic (exact) mass is 250 g/mol. The van der Waals surface area contributed by atoms with Gasteiger partial charge in [-0.3, -0.25) is 0 Å². The van der Waals surface area contributed by atoms with Crippen LogP contribution in [0.15, 0.2) is 23.8 Å². The molecule has 18 heavy (non-hydrogen) atoms. The van der Waals surface area contributed by atoms with E-state index in [-0.39, 0.29) is 17.8 Å². The van der Waals surface area contributed by atoms with Crippen LogP contribution in [0.1, 0.15) is 13.3 Å². The Bertz CT molecular complexity index is 482. The van der Waals surface area contributed by atoms with E-state index < -0.39 is 24.3 Å². The summed E-state index contributed by atoms with van der Waals surface area (Å²) in [7, 11) is 0. The van der Waals surface area contributed by atoms with Crippen molar-refractivity contribution in [1.29, 1.82) is 0 Å². The Hall–Kier alpha value is -1.17. The predicted molar refractivity (Wildman–Crippen MR) is 59.1 cm³/mol. The third-order valence-corrected chi connectivity index (χ3v) is 4.42. The molecule has 6 atom stereocenters. The number of ether oxygens (including phenoxy) is 3. The fraction of sp³-hybridized carbons (Fsp3) is 0.615. The fourth-order valence-electron chi connectivity index (χ4n) is 3.69. The molecule has 6 unspecified atom stereocenters. The Morgan fingerprint density at radius 1 is 1.50 bits per heavy atom. The van der Waals surface area contributed by atoms with E-state index in [1.54, 1.807) is 13.0 Å². The first-order valence-electron chi connectivity index (χ1n) is 6.23. The Labute approximate surface area is 104 Å². The van der Waals surface area contributed by atoms with Crippen LogP contribution in [0.4, 0.5) is 0 Å². The van der Waals surface area contributed by atoms with Crippen molar-refractivity contribution in [2.75, 3.05) is 0 Å². The van der Waals surface area contributed by atoms with Gasteiger partial charge < -0.3 is 19.3 Å². The van der Waals surface area contributed by atoms with Crippen LogP contribution in [-0.4, -0.2) is 35.4 Å². The minimum Gasteiger partial charge on any atom is -0.448 e. The molecule has 3 aliphatic heterocycles. The van der Waals surface area contributed by atoms with Gasteiger partial charge in [-0.15, -0.1) is 0 Å². The summed E-state index contributed by atoms with van der Waals surface area (Å²) in [6, 6.07) is 0. The number of aliphatic hydroxyl groups excluding tert-OH is 1. The summed E-state index contributed by atoms with van der Waals surface area (Å²) in [6.45, 7) is 1.80. The van der Waals surface area contributed by atoms with Gasteiger partial charge in [0.05, 0.1) is 11.5 Å². The van der Waals surface area contributed by atoms with Gasteiger partial charge in [0.15, 0.2) is 18.2 Å². The van der Waals surface area contributed by atoms with E-state index in [9.17, 15) is 9.90 Å². The maximum atomic E-state index is 11.8. The van der Waals surface area contributed by atoms with Crippen LogP contribution in [0.25, 0.3) is 0 Å². The highest BCUT2D eigenvalue weighted by molar-refractivity contribution is 5.93. The zero-order valence-corrected chi connectivity index (χ0v) is 9.91. The third-order valence-electron chi connectivity index (χ3n) is 4.42. The van der Waals surface area contributed by atoms with Crippen LogP contribution in [0, 0.1) is 11.8 Å². The first-order valence-corrected chi connectivity index (χ1v) is 6.23. The summed E-state index contributed by atoms with van der Waals surface area (Å²) in [5.41, 5.74) is -0.165. The molecule has 0 aromatic heterocycles. The van der Waals surface area contributed by atoms with Crippen LogP contribution >= 0.6 is 0 Å². The second-order valence-corrected chi connectivity index (χ2v) is 5.25. The van der Waals surface area contributed by atoms with Gasteiger partial charge in [0.1, 0.15) is 6.10 Å². The normalized spacial score (nSPS) is 54.7. The average molecular weight is 250 g/mol. The highest BCUT2D eigenvalue weighted by Crippen LogP contribution is 2.57. The standard InChI is InChI=1S/C13H14O5/c1-2-7-10-13(18-11(7)15)4-3-6-5-8(14)16-12(17-10)9(6)13/h2-4,6,8-10,12,14H,5H2,1H3/b7-2-. The van der Waals surface area contributed by atoms with Crippen molar-refractivity contribution >= 4 is 5.97 Å². The molecule has 3 saturated heterocycles. The molecule has 5 heteroatoms. The number of esters is 1. The first-order chi connectivity index (χ1) is 8.65. The number of aliphatic hydroxyl groups is 1. The molecule has 4 rings (SSSR count). The Morgan fingerprint density at radius 2 is 2.33 bits per heavy atom. The summed E-state index contributed by atoms with van der Waals surface area (Å²) < 4.78 is 16.8. The molecule has 0 radical (unpaired) electrons. The van der Waals surface area contributed by atoms with Crippen LogP contribution in [0.3, 0.4) is 0 Å². The van der Waals surface area contributed by atoms with E-state index in [0.29, 0.717) is 12.0 Å². The smallest absolute Gasteiger partial charge is 0.337 e. The van der Waals surface area contributed by atoms with Crippen molar-refractivity contribution in [2.45, 2.75) is 37.6 Å². The minimum atomic E-state index is -0.806. The number of carbonyl (C=O) groups excluding carboxylic acids is 1. The molecule has 1 aliphatic carbocycles. The van der Waals surface area contributed by atoms with Gasteiger partial charge in [-0.1, -0.05) is 12.2 Å². The molecule has 0 aromatic rings. The van der Waals surface area contributed by atoms with E-state index >= 15 is 0 Å². The fourth-order valence-corrected chi connectivity index (χ4v) is 3.69. The molecular formula is C13H14O5. The molecule has 1 spiro atoms. The highest BCUT2D eigenvalue weighted by Gasteiger charge is 2.69. The number of allylic oxidation sites excluding steroid dienone is 2. The zero-order chi connectivity index (χ0) is 12.5. The van der Waals surface area contributed by atoms with Crippen molar-refractivity contribution in [3.8, 4) is 0 Å². The van der Waals surface area contributed by atoms with Gasteiger partial charge in [-0.2, -0.15) is 0 Å². The van der Waals surface area contributed by atoms with Crippen LogP contribution in [-0.2, 0) is 19.0 Å². The maximum Gasteiger partial charge on any atom is 0.337 e. The van der Waals surface area contributed by atoms with Crippen molar-refractivity contribution in [3.05, 3.63) is 23.8 Å². The second kappa shape index (κ2) is 3.23. The number of rotatable bonds is 0. The predicted octanol–water partition coefficient (Wildman–Crippen LogP) is 0.494. The molecule has 96 valence electrons. The Kier molecular flexibility index (Phi) is 1.92. The van der Waals surface area contributed by atoms with Gasteiger partial charge in [0, 0.05) is 6.42 Å². The van der Waals surface area contributed by atoms with Crippen molar-refractivity contribution < 1.29 is 24.1 Å². The number of carbonyl (C=O) groups is 1. The van der Waals surface area contributed by atoms with Gasteiger partial charge in [0.25, 0.3) is 0 Å². The molecule has 3 fully saturated rings. The lowest BCUT2D eigenvalue weighted by Crippen LogP contribution is -2.45. The van der Waals surface area contributed by atoms with Crippen molar-refractivity contribution in [2.24, 2.45) is 11.8 Å². The van der Waals surface area contributed by atoms with Gasteiger partial charge in [-0.05, 0) is 18.9 Å². The molecule has 0 saturated carbocycles. The lowest BCUT2D eigenvalue weighted by molar-refractivity contribution is -0.263. The van der Waals surface area contributed by atoms with E-state index in [2.05, 4.69) is 0 Å². The lowest BCUT2D eigenvalue weighted by atomic mass is 9.80. The van der Waals surface area contributed by atoms with Gasteiger partial charge in [-0.25, -0.2) is 4.79 Å². The molecule has 1 N–H and O–H groups in total. The zero-order valence-electron chi connectivity index (χ0n) is 9.91. The Morgan fingerprint density at radius 3 is 3.11 bits per heavy atom. The second-order valence-electron chi connectivity index (χ2n) is 5.25. The SMILES string of the molecule is C/C=C1\C(=O)OC23C=CC4CC(O)OC(OC12)C43. The average Bonchev–Trinajstić information content (AvgIpc) is 2.89. The summed E-state index contributed by atoms with van der Waals surface area (Å²) in [6.07, 6.45) is 4.49. The van der Waals surface area contributed by atoms with Gasteiger partial charge in [0.2, 0.25) is 0 Å². The third kappa shape index (κ3) is 1.06. The largest absolute Gasteiger partial charge is 0.448 e. The summed E-state index contributed by atoms with van der Waals surface area (Å²) >= 11 is 0. The van der Waals surface area contributed by atoms with Gasteiger partial charge >= 0.3 is 5.97 Å². The van der Waals surface area contributed by atoms with Crippen LogP contribution in [0.5, 0.6) is 0 Å². The summed E-state index contributed by atoms with van der Waals surface area (Å²) in [4.78, 5) is 11.8. The topological polar surface area (TPSA) is 65.0 Å². The van der Waals surface area contributed by atoms with E-state index in [0.717, 1.165) is 0 Å². The van der Waals surface area contributed by atoms with Crippen molar-refractivity contribution in [1.82, 2.24) is 0 Å². The molecular weight excluding hydrogens is 236 g/mol. The first kappa shape index (κ1) is 10.7. The van der Waals surface area contributed by atoms with E-state index in [1.807, 2.05) is 12.2 Å². The lowest BCUT2D eigenvalue weighted by Gasteiger charge is -2.35. The minimum absolute atomic E-state index is 0.0349. The van der Waals surface area contributed by atoms with E-state index in [1.165, 1.54) is 0 Å². The molecule has 3 heterocycles. The molecule has 0 amide bonds. The summed E-state index contributed by atoms with van der Waals surface area (Å²) in [5.74, 6) is -0.197. The Balaban J connectivity index is 1.80. The quantitative estimate of drug-likeness (QED) is 0.385.